The number of esters is 1. The van der Waals surface area contributed by atoms with Gasteiger partial charge >= 0.3 is 5.97 Å². The van der Waals surface area contributed by atoms with Crippen molar-refractivity contribution in [3.05, 3.63) is 34.0 Å². The number of methoxy groups -OCH3 is 1. The third-order valence-corrected chi connectivity index (χ3v) is 4.95. The normalized spacial score (nSPS) is 13.6. The number of aromatic nitrogens is 1. The van der Waals surface area contributed by atoms with Crippen LogP contribution in [-0.4, -0.2) is 17.6 Å². The minimum Gasteiger partial charge on any atom is -0.465 e. The Morgan fingerprint density at radius 3 is 2.91 bits per heavy atom. The summed E-state index contributed by atoms with van der Waals surface area (Å²) in [6.07, 6.45) is 5.69. The number of rotatable bonds is 4. The maximum atomic E-state index is 11.9. The standard InChI is InChI=1S/C18H19ClN2O2/c1-23-18(22)13-8-9-15-16(17(13)19)12-6-2-3-7-14(12)21(15)11-5-4-10-20/h8-9H,2-7,11H2,1H3. The molecule has 1 heterocycles. The molecule has 0 atom stereocenters. The van der Waals surface area contributed by atoms with Gasteiger partial charge in [0, 0.05) is 24.0 Å². The van der Waals surface area contributed by atoms with E-state index in [0.717, 1.165) is 43.1 Å². The number of benzene rings is 1. The van der Waals surface area contributed by atoms with Gasteiger partial charge in [-0.3, -0.25) is 0 Å². The molecule has 0 spiro atoms. The lowest BCUT2D eigenvalue weighted by molar-refractivity contribution is 0.0601. The van der Waals surface area contributed by atoms with E-state index in [1.807, 2.05) is 6.07 Å². The van der Waals surface area contributed by atoms with Crippen LogP contribution in [0.5, 0.6) is 0 Å². The Morgan fingerprint density at radius 1 is 1.39 bits per heavy atom. The van der Waals surface area contributed by atoms with E-state index < -0.39 is 5.97 Å². The molecule has 0 bridgehead atoms. The predicted molar refractivity (Wildman–Crippen MR) is 89.8 cm³/mol. The van der Waals surface area contributed by atoms with Crippen molar-refractivity contribution in [3.63, 3.8) is 0 Å². The average Bonchev–Trinajstić information content (AvgIpc) is 2.90. The number of hydrogen-bond donors (Lipinski definition) is 0. The molecule has 5 heteroatoms. The molecule has 0 N–H and O–H groups in total. The maximum absolute atomic E-state index is 11.9. The second-order valence-electron chi connectivity index (χ2n) is 5.86. The number of nitrogens with zero attached hydrogens (tertiary/aromatic N) is 2. The molecule has 0 saturated carbocycles. The molecule has 23 heavy (non-hydrogen) atoms. The van der Waals surface area contributed by atoms with Crippen molar-refractivity contribution in [1.29, 1.82) is 5.26 Å². The van der Waals surface area contributed by atoms with Gasteiger partial charge in [0.05, 0.1) is 29.3 Å². The number of carbonyl (C=O) groups is 1. The first-order chi connectivity index (χ1) is 11.2. The number of aryl methyl sites for hydroxylation is 2. The molecule has 4 nitrogen and oxygen atoms in total. The van der Waals surface area contributed by atoms with Crippen LogP contribution in [-0.2, 0) is 24.1 Å². The SMILES string of the molecule is COC(=O)c1ccc2c(c1Cl)c1c(n2CCCC#N)CCCC1. The van der Waals surface area contributed by atoms with Crippen molar-refractivity contribution in [3.8, 4) is 6.07 Å². The van der Waals surface area contributed by atoms with Gasteiger partial charge in [-0.2, -0.15) is 5.26 Å². The van der Waals surface area contributed by atoms with Gasteiger partial charge in [0.2, 0.25) is 0 Å². The van der Waals surface area contributed by atoms with Crippen LogP contribution in [0.3, 0.4) is 0 Å². The Kier molecular flexibility index (Phi) is 4.58. The minimum atomic E-state index is -0.404. The van der Waals surface area contributed by atoms with Crippen molar-refractivity contribution in [2.75, 3.05) is 7.11 Å². The van der Waals surface area contributed by atoms with E-state index in [4.69, 9.17) is 21.6 Å². The summed E-state index contributed by atoms with van der Waals surface area (Å²) in [7, 11) is 1.37. The van der Waals surface area contributed by atoms with Gasteiger partial charge in [0.15, 0.2) is 0 Å². The highest BCUT2D eigenvalue weighted by atomic mass is 35.5. The lowest BCUT2D eigenvalue weighted by atomic mass is 9.95. The number of unbranched alkanes of at least 4 members (excludes halogenated alkanes) is 1. The number of fused-ring (bicyclic) bond motifs is 3. The first-order valence-corrected chi connectivity index (χ1v) is 8.34. The summed E-state index contributed by atoms with van der Waals surface area (Å²) in [5.41, 5.74) is 4.06. The summed E-state index contributed by atoms with van der Waals surface area (Å²) in [5.74, 6) is -0.404. The molecule has 0 aliphatic heterocycles. The molecular formula is C18H19ClN2O2. The van der Waals surface area contributed by atoms with Gasteiger partial charge in [-0.15, -0.1) is 0 Å². The monoisotopic (exact) mass is 330 g/mol. The Labute approximate surface area is 140 Å². The second-order valence-corrected chi connectivity index (χ2v) is 6.24. The van der Waals surface area contributed by atoms with Gasteiger partial charge in [-0.25, -0.2) is 4.79 Å². The van der Waals surface area contributed by atoms with Crippen molar-refractivity contribution in [2.45, 2.75) is 45.1 Å². The lowest BCUT2D eigenvalue weighted by Crippen LogP contribution is -2.08. The lowest BCUT2D eigenvalue weighted by Gasteiger charge is -2.15. The van der Waals surface area contributed by atoms with Crippen LogP contribution in [0, 0.1) is 11.3 Å². The van der Waals surface area contributed by atoms with Crippen LogP contribution in [0.1, 0.15) is 47.3 Å². The minimum absolute atomic E-state index is 0.404. The van der Waals surface area contributed by atoms with Gasteiger partial charge in [0.25, 0.3) is 0 Å². The topological polar surface area (TPSA) is 55.0 Å². The zero-order chi connectivity index (χ0) is 16.4. The molecule has 0 radical (unpaired) electrons. The smallest absolute Gasteiger partial charge is 0.339 e. The van der Waals surface area contributed by atoms with Gasteiger partial charge in [-0.1, -0.05) is 11.6 Å². The molecule has 1 aromatic carbocycles. The molecule has 0 amide bonds. The van der Waals surface area contributed by atoms with E-state index in [1.165, 1.54) is 24.8 Å². The van der Waals surface area contributed by atoms with Gasteiger partial charge in [0.1, 0.15) is 0 Å². The fourth-order valence-corrected chi connectivity index (χ4v) is 3.87. The summed E-state index contributed by atoms with van der Waals surface area (Å²) < 4.78 is 7.12. The summed E-state index contributed by atoms with van der Waals surface area (Å²) in [6, 6.07) is 5.90. The van der Waals surface area contributed by atoms with Crippen molar-refractivity contribution in [1.82, 2.24) is 4.57 Å². The fraction of sp³-hybridized carbons (Fsp3) is 0.444. The Balaban J connectivity index is 2.18. The molecule has 0 saturated heterocycles. The Hall–Kier alpha value is -1.99. The number of nitriles is 1. The first-order valence-electron chi connectivity index (χ1n) is 7.96. The predicted octanol–water partition coefficient (Wildman–Crippen LogP) is 4.26. The summed E-state index contributed by atoms with van der Waals surface area (Å²) in [5, 5.41) is 10.3. The number of hydrogen-bond acceptors (Lipinski definition) is 3. The molecule has 3 rings (SSSR count). The molecule has 2 aromatic rings. The van der Waals surface area contributed by atoms with Crippen LogP contribution in [0.15, 0.2) is 12.1 Å². The molecule has 120 valence electrons. The van der Waals surface area contributed by atoms with Crippen LogP contribution < -0.4 is 0 Å². The largest absolute Gasteiger partial charge is 0.465 e. The van der Waals surface area contributed by atoms with Crippen LogP contribution in [0.25, 0.3) is 10.9 Å². The third kappa shape index (κ3) is 2.70. The average molecular weight is 331 g/mol. The van der Waals surface area contributed by atoms with E-state index in [0.29, 0.717) is 17.0 Å². The summed E-state index contributed by atoms with van der Waals surface area (Å²) in [4.78, 5) is 11.9. The highest BCUT2D eigenvalue weighted by molar-refractivity contribution is 6.38. The Bertz CT molecular complexity index is 802. The van der Waals surface area contributed by atoms with Crippen LogP contribution >= 0.6 is 11.6 Å². The van der Waals surface area contributed by atoms with E-state index in [1.54, 1.807) is 6.07 Å². The first kappa shape index (κ1) is 15.9. The van der Waals surface area contributed by atoms with E-state index >= 15 is 0 Å². The number of carbonyl (C=O) groups excluding carboxylic acids is 1. The van der Waals surface area contributed by atoms with Gasteiger partial charge < -0.3 is 9.30 Å². The van der Waals surface area contributed by atoms with E-state index in [-0.39, 0.29) is 0 Å². The summed E-state index contributed by atoms with van der Waals surface area (Å²) in [6.45, 7) is 0.813. The molecular weight excluding hydrogens is 312 g/mol. The second kappa shape index (κ2) is 6.64. The zero-order valence-corrected chi connectivity index (χ0v) is 13.9. The highest BCUT2D eigenvalue weighted by Crippen LogP contribution is 2.38. The van der Waals surface area contributed by atoms with Gasteiger partial charge in [-0.05, 0) is 49.8 Å². The number of ether oxygens (including phenoxy) is 1. The van der Waals surface area contributed by atoms with Crippen LogP contribution in [0.2, 0.25) is 5.02 Å². The highest BCUT2D eigenvalue weighted by Gasteiger charge is 2.24. The fourth-order valence-electron chi connectivity index (χ4n) is 3.52. The zero-order valence-electron chi connectivity index (χ0n) is 13.2. The van der Waals surface area contributed by atoms with Crippen molar-refractivity contribution >= 4 is 28.5 Å². The van der Waals surface area contributed by atoms with Crippen molar-refractivity contribution < 1.29 is 9.53 Å². The third-order valence-electron chi connectivity index (χ3n) is 4.55. The molecule has 1 aromatic heterocycles. The molecule has 1 aliphatic rings. The van der Waals surface area contributed by atoms with E-state index in [2.05, 4.69) is 10.6 Å². The molecule has 1 aliphatic carbocycles. The van der Waals surface area contributed by atoms with Crippen LogP contribution in [0.4, 0.5) is 0 Å². The van der Waals surface area contributed by atoms with Crippen molar-refractivity contribution in [2.24, 2.45) is 0 Å². The molecule has 0 fully saturated rings. The van der Waals surface area contributed by atoms with E-state index in [9.17, 15) is 4.79 Å². The molecule has 0 unspecified atom stereocenters. The quantitative estimate of drug-likeness (QED) is 0.621. The summed E-state index contributed by atoms with van der Waals surface area (Å²) >= 11 is 6.56. The maximum Gasteiger partial charge on any atom is 0.339 e. The Morgan fingerprint density at radius 2 is 2.17 bits per heavy atom. The number of halogens is 1.